The molecule has 0 aliphatic carbocycles. The summed E-state index contributed by atoms with van der Waals surface area (Å²) in [6.45, 7) is 7.33. The largest absolute Gasteiger partial charge is 0.368 e. The molecule has 0 amide bonds. The SMILES string of the molecule is Cc1ncsc1CCN1CCN(c2ccc(Cl)cc2Cl)CC1. The van der Waals surface area contributed by atoms with Crippen LogP contribution in [0.25, 0.3) is 0 Å². The summed E-state index contributed by atoms with van der Waals surface area (Å²) < 4.78 is 0. The number of piperazine rings is 1. The van der Waals surface area contributed by atoms with Gasteiger partial charge in [0.05, 0.1) is 21.9 Å². The number of aromatic nitrogens is 1. The van der Waals surface area contributed by atoms with E-state index in [1.807, 2.05) is 23.7 Å². The Hall–Kier alpha value is -0.810. The van der Waals surface area contributed by atoms with Gasteiger partial charge in [0.15, 0.2) is 0 Å². The second-order valence-corrected chi connectivity index (χ2v) is 7.32. The van der Waals surface area contributed by atoms with E-state index in [4.69, 9.17) is 23.2 Å². The molecular weight excluding hydrogens is 337 g/mol. The maximum atomic E-state index is 6.30. The molecule has 0 radical (unpaired) electrons. The number of aryl methyl sites for hydroxylation is 1. The molecule has 3 nitrogen and oxygen atoms in total. The Morgan fingerprint density at radius 1 is 1.18 bits per heavy atom. The maximum Gasteiger partial charge on any atom is 0.0797 e. The van der Waals surface area contributed by atoms with Crippen molar-refractivity contribution >= 4 is 40.2 Å². The monoisotopic (exact) mass is 355 g/mol. The Balaban J connectivity index is 1.53. The number of hydrogen-bond donors (Lipinski definition) is 0. The summed E-state index contributed by atoms with van der Waals surface area (Å²) in [5.41, 5.74) is 4.20. The van der Waals surface area contributed by atoms with Crippen LogP contribution in [-0.4, -0.2) is 42.6 Å². The lowest BCUT2D eigenvalue weighted by Crippen LogP contribution is -2.47. The quantitative estimate of drug-likeness (QED) is 0.821. The van der Waals surface area contributed by atoms with E-state index >= 15 is 0 Å². The van der Waals surface area contributed by atoms with E-state index in [-0.39, 0.29) is 0 Å². The molecule has 3 rings (SSSR count). The van der Waals surface area contributed by atoms with Crippen LogP contribution in [0.5, 0.6) is 0 Å². The molecule has 0 spiro atoms. The average Bonchev–Trinajstić information content (AvgIpc) is 2.91. The molecule has 1 aromatic carbocycles. The molecule has 1 aromatic heterocycles. The van der Waals surface area contributed by atoms with Gasteiger partial charge in [-0.15, -0.1) is 11.3 Å². The molecule has 2 heterocycles. The summed E-state index contributed by atoms with van der Waals surface area (Å²) in [6.07, 6.45) is 1.10. The van der Waals surface area contributed by atoms with E-state index in [9.17, 15) is 0 Å². The van der Waals surface area contributed by atoms with Gasteiger partial charge in [-0.2, -0.15) is 0 Å². The fourth-order valence-corrected chi connectivity index (χ4v) is 4.07. The molecule has 1 aliphatic heterocycles. The smallest absolute Gasteiger partial charge is 0.0797 e. The molecular formula is C16H19Cl2N3S. The third-order valence-corrected chi connectivity index (χ3v) is 5.66. The lowest BCUT2D eigenvalue weighted by Gasteiger charge is -2.36. The number of halogens is 2. The first-order valence-corrected chi connectivity index (χ1v) is 9.08. The average molecular weight is 356 g/mol. The number of benzene rings is 1. The van der Waals surface area contributed by atoms with Crippen LogP contribution in [0.2, 0.25) is 10.0 Å². The third kappa shape index (κ3) is 3.74. The van der Waals surface area contributed by atoms with E-state index in [1.165, 1.54) is 10.6 Å². The van der Waals surface area contributed by atoms with Crippen molar-refractivity contribution in [3.63, 3.8) is 0 Å². The van der Waals surface area contributed by atoms with E-state index < -0.39 is 0 Å². The van der Waals surface area contributed by atoms with Crippen LogP contribution in [0.3, 0.4) is 0 Å². The molecule has 1 aliphatic rings. The lowest BCUT2D eigenvalue weighted by atomic mass is 10.2. The Bertz CT molecular complexity index is 636. The highest BCUT2D eigenvalue weighted by Crippen LogP contribution is 2.29. The van der Waals surface area contributed by atoms with Crippen LogP contribution < -0.4 is 4.90 Å². The Morgan fingerprint density at radius 2 is 1.95 bits per heavy atom. The third-order valence-electron chi connectivity index (χ3n) is 4.12. The highest BCUT2D eigenvalue weighted by molar-refractivity contribution is 7.09. The van der Waals surface area contributed by atoms with Crippen LogP contribution in [0.4, 0.5) is 5.69 Å². The van der Waals surface area contributed by atoms with Crippen LogP contribution in [0.1, 0.15) is 10.6 Å². The van der Waals surface area contributed by atoms with Crippen molar-refractivity contribution in [1.29, 1.82) is 0 Å². The zero-order valence-corrected chi connectivity index (χ0v) is 14.9. The topological polar surface area (TPSA) is 19.4 Å². The van der Waals surface area contributed by atoms with Gasteiger partial charge in [0.1, 0.15) is 0 Å². The molecule has 2 aromatic rings. The molecule has 0 atom stereocenters. The first kappa shape index (κ1) is 16.1. The van der Waals surface area contributed by atoms with Crippen molar-refractivity contribution in [3.05, 3.63) is 44.3 Å². The number of hydrogen-bond acceptors (Lipinski definition) is 4. The Kier molecular flexibility index (Phi) is 5.24. The summed E-state index contributed by atoms with van der Waals surface area (Å²) in [7, 11) is 0. The van der Waals surface area contributed by atoms with Gasteiger partial charge in [-0.05, 0) is 31.5 Å². The van der Waals surface area contributed by atoms with Crippen LogP contribution in [0, 0.1) is 6.92 Å². The Morgan fingerprint density at radius 3 is 2.59 bits per heavy atom. The summed E-state index contributed by atoms with van der Waals surface area (Å²) in [4.78, 5) is 10.6. The molecule has 0 bridgehead atoms. The van der Waals surface area contributed by atoms with E-state index in [2.05, 4.69) is 21.7 Å². The highest BCUT2D eigenvalue weighted by Gasteiger charge is 2.19. The van der Waals surface area contributed by atoms with Gasteiger partial charge < -0.3 is 4.90 Å². The predicted octanol–water partition coefficient (Wildman–Crippen LogP) is 4.12. The molecule has 1 fully saturated rings. The highest BCUT2D eigenvalue weighted by atomic mass is 35.5. The zero-order valence-electron chi connectivity index (χ0n) is 12.6. The Labute approximate surface area is 145 Å². The second-order valence-electron chi connectivity index (χ2n) is 5.54. The number of thiazole rings is 1. The van der Waals surface area contributed by atoms with Crippen molar-refractivity contribution < 1.29 is 0 Å². The fourth-order valence-electron chi connectivity index (χ4n) is 2.78. The summed E-state index contributed by atoms with van der Waals surface area (Å²) in [5, 5.41) is 1.42. The minimum Gasteiger partial charge on any atom is -0.368 e. The second kappa shape index (κ2) is 7.18. The first-order valence-electron chi connectivity index (χ1n) is 7.45. The van der Waals surface area contributed by atoms with Gasteiger partial charge in [0.25, 0.3) is 0 Å². The molecule has 0 N–H and O–H groups in total. The molecule has 6 heteroatoms. The first-order chi connectivity index (χ1) is 10.6. The van der Waals surface area contributed by atoms with Crippen LogP contribution >= 0.6 is 34.5 Å². The molecule has 0 saturated carbocycles. The lowest BCUT2D eigenvalue weighted by molar-refractivity contribution is 0.261. The van der Waals surface area contributed by atoms with Crippen molar-refractivity contribution in [2.24, 2.45) is 0 Å². The van der Waals surface area contributed by atoms with Crippen LogP contribution in [-0.2, 0) is 6.42 Å². The molecule has 22 heavy (non-hydrogen) atoms. The maximum absolute atomic E-state index is 6.30. The summed E-state index contributed by atoms with van der Waals surface area (Å²) in [5.74, 6) is 0. The summed E-state index contributed by atoms with van der Waals surface area (Å²) >= 11 is 14.0. The number of anilines is 1. The van der Waals surface area contributed by atoms with Gasteiger partial charge in [-0.25, -0.2) is 4.98 Å². The van der Waals surface area contributed by atoms with Gasteiger partial charge in [-0.1, -0.05) is 23.2 Å². The van der Waals surface area contributed by atoms with E-state index in [0.29, 0.717) is 5.02 Å². The zero-order chi connectivity index (χ0) is 15.5. The summed E-state index contributed by atoms with van der Waals surface area (Å²) in [6, 6.07) is 5.74. The van der Waals surface area contributed by atoms with Gasteiger partial charge in [0, 0.05) is 42.6 Å². The van der Waals surface area contributed by atoms with Crippen molar-refractivity contribution in [1.82, 2.24) is 9.88 Å². The van der Waals surface area contributed by atoms with Crippen molar-refractivity contribution in [2.75, 3.05) is 37.6 Å². The van der Waals surface area contributed by atoms with E-state index in [0.717, 1.165) is 49.9 Å². The molecule has 0 unspecified atom stereocenters. The van der Waals surface area contributed by atoms with Gasteiger partial charge in [-0.3, -0.25) is 4.90 Å². The van der Waals surface area contributed by atoms with Gasteiger partial charge >= 0.3 is 0 Å². The van der Waals surface area contributed by atoms with Crippen molar-refractivity contribution in [2.45, 2.75) is 13.3 Å². The minimum absolute atomic E-state index is 0.687. The van der Waals surface area contributed by atoms with Crippen molar-refractivity contribution in [3.8, 4) is 0 Å². The van der Waals surface area contributed by atoms with E-state index in [1.54, 1.807) is 11.3 Å². The minimum atomic E-state index is 0.687. The standard InChI is InChI=1S/C16H19Cl2N3S/c1-12-16(22-11-19-12)4-5-20-6-8-21(9-7-20)15-3-2-13(17)10-14(15)18/h2-3,10-11H,4-9H2,1H3. The van der Waals surface area contributed by atoms with Crippen LogP contribution in [0.15, 0.2) is 23.7 Å². The normalized spacial score (nSPS) is 16.2. The van der Waals surface area contributed by atoms with Gasteiger partial charge in [0.2, 0.25) is 0 Å². The molecule has 1 saturated heterocycles. The molecule has 118 valence electrons. The number of nitrogens with zero attached hydrogens (tertiary/aromatic N) is 3. The predicted molar refractivity (Wildman–Crippen MR) is 95.7 cm³/mol. The number of rotatable bonds is 4. The fraction of sp³-hybridized carbons (Fsp3) is 0.438.